The number of fused-ring (bicyclic) bond motifs is 7. The van der Waals surface area contributed by atoms with Crippen LogP contribution in [0.2, 0.25) is 0 Å². The Morgan fingerprint density at radius 1 is 0.964 bits per heavy atom. The van der Waals surface area contributed by atoms with Gasteiger partial charge in [-0.2, -0.15) is 0 Å². The SMILES string of the molecule is Cc1cccc2c1N1C(C)c3c(c4c(ccn4C)n3C)C1(C)C(C)(C)C2(C)C. The van der Waals surface area contributed by atoms with E-state index in [2.05, 4.69) is 107 Å². The first-order chi connectivity index (χ1) is 13.0. The smallest absolute Gasteiger partial charge is 0.0731 e. The van der Waals surface area contributed by atoms with Gasteiger partial charge in [0.25, 0.3) is 0 Å². The van der Waals surface area contributed by atoms with Crippen molar-refractivity contribution in [2.24, 2.45) is 19.5 Å². The predicted octanol–water partition coefficient (Wildman–Crippen LogP) is 5.94. The van der Waals surface area contributed by atoms with Crippen LogP contribution in [0.3, 0.4) is 0 Å². The molecule has 0 saturated heterocycles. The molecular formula is C25H33N3. The van der Waals surface area contributed by atoms with E-state index in [0.717, 1.165) is 0 Å². The summed E-state index contributed by atoms with van der Waals surface area (Å²) in [6.45, 7) is 17.0. The summed E-state index contributed by atoms with van der Waals surface area (Å²) in [6.07, 6.45) is 2.21. The van der Waals surface area contributed by atoms with Gasteiger partial charge in [0, 0.05) is 42.7 Å². The van der Waals surface area contributed by atoms with Crippen LogP contribution >= 0.6 is 0 Å². The summed E-state index contributed by atoms with van der Waals surface area (Å²) in [5.74, 6) is 0. The van der Waals surface area contributed by atoms with Gasteiger partial charge in [0.1, 0.15) is 0 Å². The molecule has 3 aromatic rings. The van der Waals surface area contributed by atoms with Crippen molar-refractivity contribution in [2.45, 2.75) is 65.5 Å². The Morgan fingerprint density at radius 2 is 1.64 bits per heavy atom. The summed E-state index contributed by atoms with van der Waals surface area (Å²) >= 11 is 0. The summed E-state index contributed by atoms with van der Waals surface area (Å²) in [4.78, 5) is 2.75. The van der Waals surface area contributed by atoms with Crippen LogP contribution in [0.4, 0.5) is 5.69 Å². The highest BCUT2D eigenvalue weighted by Crippen LogP contribution is 2.68. The van der Waals surface area contributed by atoms with Crippen LogP contribution in [0.5, 0.6) is 0 Å². The average molecular weight is 376 g/mol. The zero-order valence-electron chi connectivity index (χ0n) is 18.8. The molecule has 148 valence electrons. The predicted molar refractivity (Wildman–Crippen MR) is 118 cm³/mol. The standard InChI is InChI=1S/C25H33N3/c1-15-11-10-12-17-20(15)28-16(2)21-19(22-18(27(21)9)13-14-26(22)8)25(28,7)24(5,6)23(17,3)4/h10-14,16H,1-9H3. The van der Waals surface area contributed by atoms with Gasteiger partial charge in [0.2, 0.25) is 0 Å². The van der Waals surface area contributed by atoms with Crippen molar-refractivity contribution in [2.75, 3.05) is 4.90 Å². The van der Waals surface area contributed by atoms with Gasteiger partial charge >= 0.3 is 0 Å². The number of hydrogen-bond donors (Lipinski definition) is 0. The average Bonchev–Trinajstić information content (AvgIpc) is 3.20. The minimum atomic E-state index is -0.0873. The molecule has 2 aromatic heterocycles. The lowest BCUT2D eigenvalue weighted by atomic mass is 9.51. The highest BCUT2D eigenvalue weighted by Gasteiger charge is 2.65. The Kier molecular flexibility index (Phi) is 3.11. The number of rotatable bonds is 0. The third-order valence-electron chi connectivity index (χ3n) is 8.95. The molecule has 28 heavy (non-hydrogen) atoms. The Morgan fingerprint density at radius 3 is 2.32 bits per heavy atom. The van der Waals surface area contributed by atoms with Crippen LogP contribution in [0.1, 0.15) is 70.0 Å². The highest BCUT2D eigenvalue weighted by molar-refractivity contribution is 5.88. The van der Waals surface area contributed by atoms with Gasteiger partial charge in [-0.05, 0) is 43.4 Å². The Labute approximate surface area is 169 Å². The quantitative estimate of drug-likeness (QED) is 0.474. The molecule has 2 unspecified atom stereocenters. The molecule has 0 saturated carbocycles. The first kappa shape index (κ1) is 17.9. The second kappa shape index (κ2) is 4.87. The van der Waals surface area contributed by atoms with Gasteiger partial charge in [-0.25, -0.2) is 0 Å². The van der Waals surface area contributed by atoms with E-state index in [1.54, 1.807) is 0 Å². The van der Waals surface area contributed by atoms with Crippen LogP contribution in [0, 0.1) is 12.3 Å². The zero-order chi connectivity index (χ0) is 20.4. The summed E-state index contributed by atoms with van der Waals surface area (Å²) < 4.78 is 4.77. The normalized spacial score (nSPS) is 27.0. The van der Waals surface area contributed by atoms with Gasteiger partial charge in [-0.15, -0.1) is 0 Å². The van der Waals surface area contributed by atoms with Crippen LogP contribution < -0.4 is 4.90 Å². The van der Waals surface area contributed by atoms with Crippen LogP contribution in [0.25, 0.3) is 11.0 Å². The first-order valence-electron chi connectivity index (χ1n) is 10.5. The summed E-state index contributed by atoms with van der Waals surface area (Å²) in [6, 6.07) is 9.48. The third-order valence-corrected chi connectivity index (χ3v) is 8.95. The monoisotopic (exact) mass is 375 g/mol. The van der Waals surface area contributed by atoms with Crippen molar-refractivity contribution in [3.05, 3.63) is 52.8 Å². The lowest BCUT2D eigenvalue weighted by molar-refractivity contribution is 0.0658. The van der Waals surface area contributed by atoms with Gasteiger partial charge < -0.3 is 14.0 Å². The van der Waals surface area contributed by atoms with Crippen LogP contribution in [-0.2, 0) is 25.0 Å². The molecular weight excluding hydrogens is 342 g/mol. The largest absolute Gasteiger partial charge is 0.353 e. The van der Waals surface area contributed by atoms with Gasteiger partial charge in [0.15, 0.2) is 0 Å². The summed E-state index contributed by atoms with van der Waals surface area (Å²) in [7, 11) is 4.44. The molecule has 3 nitrogen and oxygen atoms in total. The Hall–Kier alpha value is -2.16. The van der Waals surface area contributed by atoms with Crippen molar-refractivity contribution >= 4 is 16.7 Å². The van der Waals surface area contributed by atoms with Gasteiger partial charge in [0.05, 0.1) is 22.6 Å². The van der Waals surface area contributed by atoms with E-state index in [4.69, 9.17) is 0 Å². The van der Waals surface area contributed by atoms with E-state index in [1.807, 2.05) is 0 Å². The molecule has 0 amide bonds. The molecule has 4 heterocycles. The fourth-order valence-electron chi connectivity index (χ4n) is 6.57. The molecule has 0 N–H and O–H groups in total. The molecule has 0 fully saturated rings. The molecule has 2 atom stereocenters. The maximum absolute atomic E-state index is 2.75. The van der Waals surface area contributed by atoms with Crippen molar-refractivity contribution < 1.29 is 0 Å². The minimum Gasteiger partial charge on any atom is -0.353 e. The van der Waals surface area contributed by atoms with E-state index in [1.165, 1.54) is 39.1 Å². The van der Waals surface area contributed by atoms with E-state index in [-0.39, 0.29) is 16.4 Å². The first-order valence-corrected chi connectivity index (χ1v) is 10.5. The fraction of sp³-hybridized carbons (Fsp3) is 0.520. The highest BCUT2D eigenvalue weighted by atomic mass is 15.3. The molecule has 3 heteroatoms. The molecule has 0 radical (unpaired) electrons. The van der Waals surface area contributed by atoms with Crippen molar-refractivity contribution in [1.29, 1.82) is 0 Å². The molecule has 5 rings (SSSR count). The van der Waals surface area contributed by atoms with E-state index in [9.17, 15) is 0 Å². The number of aromatic nitrogens is 2. The number of benzene rings is 1. The number of anilines is 1. The van der Waals surface area contributed by atoms with Crippen molar-refractivity contribution in [1.82, 2.24) is 9.13 Å². The molecule has 0 spiro atoms. The van der Waals surface area contributed by atoms with Crippen LogP contribution in [0.15, 0.2) is 30.5 Å². The number of para-hydroxylation sites is 1. The molecule has 0 aliphatic carbocycles. The second-order valence-electron chi connectivity index (χ2n) is 10.3. The summed E-state index contributed by atoms with van der Waals surface area (Å²) in [5.41, 5.74) is 10.1. The molecule has 2 aliphatic heterocycles. The van der Waals surface area contributed by atoms with E-state index >= 15 is 0 Å². The van der Waals surface area contributed by atoms with E-state index in [0.29, 0.717) is 6.04 Å². The lowest BCUT2D eigenvalue weighted by Gasteiger charge is -2.62. The second-order valence-corrected chi connectivity index (χ2v) is 10.3. The lowest BCUT2D eigenvalue weighted by Crippen LogP contribution is -2.62. The number of nitrogens with zero attached hydrogens (tertiary/aromatic N) is 3. The molecule has 2 aliphatic rings. The Balaban J connectivity index is 1.99. The maximum atomic E-state index is 2.75. The summed E-state index contributed by atoms with van der Waals surface area (Å²) in [5, 5.41) is 0. The topological polar surface area (TPSA) is 13.1 Å². The zero-order valence-corrected chi connectivity index (χ0v) is 18.8. The number of hydrogen-bond acceptors (Lipinski definition) is 1. The fourth-order valence-corrected chi connectivity index (χ4v) is 6.57. The van der Waals surface area contributed by atoms with E-state index < -0.39 is 0 Å². The number of aryl methyl sites for hydroxylation is 3. The Bertz CT molecular complexity index is 1140. The van der Waals surface area contributed by atoms with Crippen molar-refractivity contribution in [3.63, 3.8) is 0 Å². The van der Waals surface area contributed by atoms with Crippen LogP contribution in [-0.4, -0.2) is 9.13 Å². The molecule has 0 bridgehead atoms. The third kappa shape index (κ3) is 1.58. The van der Waals surface area contributed by atoms with Crippen molar-refractivity contribution in [3.8, 4) is 0 Å². The van der Waals surface area contributed by atoms with Gasteiger partial charge in [-0.1, -0.05) is 45.9 Å². The maximum Gasteiger partial charge on any atom is 0.0731 e. The minimum absolute atomic E-state index is 0.0405. The molecule has 1 aromatic carbocycles. The van der Waals surface area contributed by atoms with Gasteiger partial charge in [-0.3, -0.25) is 0 Å².